The molecule has 1 fully saturated rings. The molecule has 2 atom stereocenters. The Labute approximate surface area is 171 Å². The summed E-state index contributed by atoms with van der Waals surface area (Å²) in [4.78, 5) is 24.5. The number of piperidine rings is 1. The maximum absolute atomic E-state index is 12.3. The maximum atomic E-state index is 12.3. The number of aliphatic hydroxyl groups excluding tert-OH is 1. The molecule has 150 valence electrons. The number of carboxylic acid groups (broad SMARTS) is 1. The highest BCUT2D eigenvalue weighted by atomic mass is 35.5. The minimum absolute atomic E-state index is 0.0602. The first-order valence-corrected chi connectivity index (χ1v) is 9.91. The van der Waals surface area contributed by atoms with E-state index in [2.05, 4.69) is 11.8 Å². The van der Waals surface area contributed by atoms with Crippen LogP contribution in [0.15, 0.2) is 36.4 Å². The number of aliphatic carboxylic acids is 1. The summed E-state index contributed by atoms with van der Waals surface area (Å²) in [7, 11) is 0. The van der Waals surface area contributed by atoms with E-state index in [1.165, 1.54) is 0 Å². The molecule has 0 radical (unpaired) electrons. The zero-order chi connectivity index (χ0) is 20.4. The second-order valence-electron chi connectivity index (χ2n) is 6.87. The topological polar surface area (TPSA) is 77.8 Å². The van der Waals surface area contributed by atoms with Crippen molar-refractivity contribution in [2.45, 2.75) is 57.1 Å². The predicted molar refractivity (Wildman–Crippen MR) is 109 cm³/mol. The summed E-state index contributed by atoms with van der Waals surface area (Å²) >= 11 is 5.97. The molecule has 1 unspecified atom stereocenters. The Kier molecular flexibility index (Phi) is 9.06. The van der Waals surface area contributed by atoms with Crippen LogP contribution >= 0.6 is 11.6 Å². The molecule has 28 heavy (non-hydrogen) atoms. The molecule has 1 aliphatic rings. The van der Waals surface area contributed by atoms with Gasteiger partial charge in [-0.15, -0.1) is 5.92 Å². The number of nitrogens with zero attached hydrogens (tertiary/aromatic N) is 1. The zero-order valence-electron chi connectivity index (χ0n) is 15.8. The fraction of sp³-hybridized carbons (Fsp3) is 0.455. The van der Waals surface area contributed by atoms with Crippen molar-refractivity contribution in [2.75, 3.05) is 6.54 Å². The first kappa shape index (κ1) is 22.0. The van der Waals surface area contributed by atoms with E-state index in [9.17, 15) is 14.7 Å². The van der Waals surface area contributed by atoms with E-state index in [0.29, 0.717) is 37.3 Å². The van der Waals surface area contributed by atoms with Crippen LogP contribution in [0.1, 0.15) is 44.1 Å². The standard InChI is InChI=1S/C22H26ClNO4/c23-18-8-5-7-17(15-18)16-20(25)13-12-19-9-6-10-21(26)24(19)14-4-2-1-3-11-22(27)28/h5,7-8,12-13,15,19-20,25H,1,3,6,9-11,14,16H2,(H,27,28)/b13-12+/t19-,20?/m1/s1. The Morgan fingerprint density at radius 3 is 2.96 bits per heavy atom. The monoisotopic (exact) mass is 403 g/mol. The molecule has 5 nitrogen and oxygen atoms in total. The zero-order valence-corrected chi connectivity index (χ0v) is 16.6. The highest BCUT2D eigenvalue weighted by molar-refractivity contribution is 6.30. The number of carbonyl (C=O) groups excluding carboxylic acids is 1. The molecule has 6 heteroatoms. The fourth-order valence-electron chi connectivity index (χ4n) is 3.14. The van der Waals surface area contributed by atoms with Crippen LogP contribution in [-0.2, 0) is 16.0 Å². The minimum atomic E-state index is -0.824. The lowest BCUT2D eigenvalue weighted by Crippen LogP contribution is -2.42. The van der Waals surface area contributed by atoms with Gasteiger partial charge in [0.1, 0.15) is 0 Å². The minimum Gasteiger partial charge on any atom is -0.481 e. The summed E-state index contributed by atoms with van der Waals surface area (Å²) in [6.45, 7) is 0.325. The molecule has 1 heterocycles. The van der Waals surface area contributed by atoms with Crippen LogP contribution in [0.4, 0.5) is 0 Å². The van der Waals surface area contributed by atoms with Crippen molar-refractivity contribution in [3.63, 3.8) is 0 Å². The van der Waals surface area contributed by atoms with Gasteiger partial charge in [-0.1, -0.05) is 41.8 Å². The van der Waals surface area contributed by atoms with Gasteiger partial charge in [0.25, 0.3) is 0 Å². The van der Waals surface area contributed by atoms with Gasteiger partial charge in [-0.25, -0.2) is 0 Å². The van der Waals surface area contributed by atoms with Crippen molar-refractivity contribution >= 4 is 23.5 Å². The third-order valence-electron chi connectivity index (χ3n) is 4.57. The highest BCUT2D eigenvalue weighted by Gasteiger charge is 2.25. The molecule has 0 saturated carbocycles. The lowest BCUT2D eigenvalue weighted by atomic mass is 9.99. The van der Waals surface area contributed by atoms with Crippen LogP contribution in [0.2, 0.25) is 5.02 Å². The van der Waals surface area contributed by atoms with Gasteiger partial charge in [0.15, 0.2) is 0 Å². The molecular formula is C22H26ClNO4. The Hall–Kier alpha value is -2.29. The van der Waals surface area contributed by atoms with Crippen LogP contribution in [0.3, 0.4) is 0 Å². The quantitative estimate of drug-likeness (QED) is 0.396. The normalized spacial score (nSPS) is 18.0. The number of aliphatic hydroxyl groups is 1. The number of halogens is 1. The van der Waals surface area contributed by atoms with E-state index in [1.54, 1.807) is 17.0 Å². The molecule has 0 aliphatic carbocycles. The van der Waals surface area contributed by atoms with Gasteiger partial charge in [-0.05, 0) is 37.0 Å². The second-order valence-corrected chi connectivity index (χ2v) is 7.30. The van der Waals surface area contributed by atoms with E-state index in [-0.39, 0.29) is 18.4 Å². The summed E-state index contributed by atoms with van der Waals surface area (Å²) in [5, 5.41) is 19.5. The van der Waals surface area contributed by atoms with Gasteiger partial charge in [-0.2, -0.15) is 0 Å². The SMILES string of the molecule is O=C(O)CCCC#CCN1C(=O)CCC[C@@H]1/C=C/C(O)Cc1cccc(Cl)c1. The van der Waals surface area contributed by atoms with E-state index in [4.69, 9.17) is 16.7 Å². The summed E-state index contributed by atoms with van der Waals surface area (Å²) < 4.78 is 0. The van der Waals surface area contributed by atoms with Crippen LogP contribution in [0.5, 0.6) is 0 Å². The second kappa shape index (κ2) is 11.5. The number of hydrogen-bond donors (Lipinski definition) is 2. The molecular weight excluding hydrogens is 378 g/mol. The van der Waals surface area contributed by atoms with E-state index in [1.807, 2.05) is 24.3 Å². The number of carboxylic acids is 1. The first-order valence-electron chi connectivity index (χ1n) is 9.53. The molecule has 1 saturated heterocycles. The fourth-order valence-corrected chi connectivity index (χ4v) is 3.35. The Balaban J connectivity index is 1.89. The van der Waals surface area contributed by atoms with Crippen molar-refractivity contribution in [1.29, 1.82) is 0 Å². The van der Waals surface area contributed by atoms with Crippen LogP contribution < -0.4 is 0 Å². The van der Waals surface area contributed by atoms with Crippen molar-refractivity contribution in [1.82, 2.24) is 4.90 Å². The van der Waals surface area contributed by atoms with Crippen molar-refractivity contribution in [3.05, 3.63) is 47.0 Å². The van der Waals surface area contributed by atoms with Gasteiger partial charge in [0.05, 0.1) is 18.7 Å². The lowest BCUT2D eigenvalue weighted by molar-refractivity contribution is -0.137. The number of carbonyl (C=O) groups is 2. The number of amides is 1. The number of likely N-dealkylation sites (tertiary alicyclic amines) is 1. The average Bonchev–Trinajstić information content (AvgIpc) is 2.64. The molecule has 1 aromatic rings. The predicted octanol–water partition coefficient (Wildman–Crippen LogP) is 3.44. The van der Waals surface area contributed by atoms with Crippen LogP contribution in [0.25, 0.3) is 0 Å². The molecule has 1 aliphatic heterocycles. The number of unbranched alkanes of at least 4 members (excludes halogenated alkanes) is 1. The van der Waals surface area contributed by atoms with Crippen molar-refractivity contribution < 1.29 is 19.8 Å². The van der Waals surface area contributed by atoms with E-state index in [0.717, 1.165) is 18.4 Å². The number of hydrogen-bond acceptors (Lipinski definition) is 3. The van der Waals surface area contributed by atoms with E-state index >= 15 is 0 Å². The molecule has 0 aromatic heterocycles. The molecule has 0 bridgehead atoms. The third-order valence-corrected chi connectivity index (χ3v) is 4.80. The molecule has 2 N–H and O–H groups in total. The largest absolute Gasteiger partial charge is 0.481 e. The molecule has 1 aromatic carbocycles. The third kappa shape index (κ3) is 7.75. The summed E-state index contributed by atoms with van der Waals surface area (Å²) in [5.41, 5.74) is 0.952. The molecule has 0 spiro atoms. The highest BCUT2D eigenvalue weighted by Crippen LogP contribution is 2.19. The summed E-state index contributed by atoms with van der Waals surface area (Å²) in [5.74, 6) is 5.15. The van der Waals surface area contributed by atoms with Gasteiger partial charge < -0.3 is 15.1 Å². The van der Waals surface area contributed by atoms with Crippen molar-refractivity contribution in [2.24, 2.45) is 0 Å². The van der Waals surface area contributed by atoms with E-state index < -0.39 is 12.1 Å². The molecule has 1 amide bonds. The van der Waals surface area contributed by atoms with Gasteiger partial charge >= 0.3 is 5.97 Å². The maximum Gasteiger partial charge on any atom is 0.303 e. The van der Waals surface area contributed by atoms with Crippen LogP contribution in [-0.4, -0.2) is 45.7 Å². The van der Waals surface area contributed by atoms with Crippen molar-refractivity contribution in [3.8, 4) is 11.8 Å². The van der Waals surface area contributed by atoms with Gasteiger partial charge in [0, 0.05) is 30.7 Å². The summed E-state index contributed by atoms with van der Waals surface area (Å²) in [6.07, 6.45) is 6.72. The summed E-state index contributed by atoms with van der Waals surface area (Å²) in [6, 6.07) is 7.31. The van der Waals surface area contributed by atoms with Gasteiger partial charge in [0.2, 0.25) is 5.91 Å². The lowest BCUT2D eigenvalue weighted by Gasteiger charge is -2.32. The Morgan fingerprint density at radius 1 is 1.39 bits per heavy atom. The first-order chi connectivity index (χ1) is 13.5. The Morgan fingerprint density at radius 2 is 2.21 bits per heavy atom. The number of rotatable bonds is 8. The van der Waals surface area contributed by atoms with Crippen LogP contribution in [0, 0.1) is 11.8 Å². The Bertz CT molecular complexity index is 765. The molecule has 2 rings (SSSR count). The smallest absolute Gasteiger partial charge is 0.303 e. The average molecular weight is 404 g/mol. The number of benzene rings is 1. The van der Waals surface area contributed by atoms with Gasteiger partial charge in [-0.3, -0.25) is 9.59 Å².